The molecule has 0 aliphatic carbocycles. The van der Waals surface area contributed by atoms with Crippen molar-refractivity contribution in [2.24, 2.45) is 0 Å². The molecule has 5 aromatic rings. The molecule has 0 fully saturated rings. The first kappa shape index (κ1) is 27.2. The summed E-state index contributed by atoms with van der Waals surface area (Å²) in [5.41, 5.74) is 3.66. The first-order chi connectivity index (χ1) is 19.5. The van der Waals surface area contributed by atoms with Gasteiger partial charge in [-0.05, 0) is 47.5 Å². The maximum atomic E-state index is 14.4. The number of aliphatic hydroxyl groups excluding tert-OH is 1. The summed E-state index contributed by atoms with van der Waals surface area (Å²) < 4.78 is 25.7. The maximum Gasteiger partial charge on any atom is 0.181 e. The van der Waals surface area contributed by atoms with E-state index in [9.17, 15) is 14.0 Å². The summed E-state index contributed by atoms with van der Waals surface area (Å²) in [7, 11) is 1.47. The second-order valence-corrected chi connectivity index (χ2v) is 9.92. The zero-order valence-corrected chi connectivity index (χ0v) is 22.5. The van der Waals surface area contributed by atoms with Crippen LogP contribution in [0.15, 0.2) is 84.2 Å². The van der Waals surface area contributed by atoms with E-state index in [1.807, 2.05) is 47.8 Å². The zero-order chi connectivity index (χ0) is 28.1. The highest BCUT2D eigenvalue weighted by molar-refractivity contribution is 7.17. The number of fused-ring (bicyclic) bond motifs is 1. The lowest BCUT2D eigenvalue weighted by molar-refractivity contribution is 0.0915. The highest BCUT2D eigenvalue weighted by Gasteiger charge is 2.18. The summed E-state index contributed by atoms with van der Waals surface area (Å²) in [6, 6.07) is 23.0. The number of ether oxygens (including phenoxy) is 2. The Morgan fingerprint density at radius 3 is 2.48 bits per heavy atom. The molecule has 2 heterocycles. The van der Waals surface area contributed by atoms with Crippen LogP contribution in [0.1, 0.15) is 33.7 Å². The number of pyridine rings is 1. The van der Waals surface area contributed by atoms with E-state index in [4.69, 9.17) is 14.6 Å². The molecule has 0 atom stereocenters. The normalized spacial score (nSPS) is 11.0. The Hall–Kier alpha value is -4.40. The molecule has 6 nitrogen and oxygen atoms in total. The number of nitrogens with zero attached hydrogens (tertiary/aromatic N) is 1. The molecule has 0 spiro atoms. The van der Waals surface area contributed by atoms with Gasteiger partial charge < -0.3 is 14.6 Å². The van der Waals surface area contributed by atoms with Crippen molar-refractivity contribution in [1.29, 1.82) is 0 Å². The number of hydrogen-bond donors (Lipinski definition) is 1. The Morgan fingerprint density at radius 2 is 1.70 bits per heavy atom. The largest absolute Gasteiger partial charge is 0.493 e. The van der Waals surface area contributed by atoms with E-state index in [0.29, 0.717) is 27.5 Å². The van der Waals surface area contributed by atoms with Gasteiger partial charge in [-0.1, -0.05) is 42.5 Å². The van der Waals surface area contributed by atoms with Crippen molar-refractivity contribution in [1.82, 2.24) is 4.98 Å². The van der Waals surface area contributed by atoms with E-state index >= 15 is 0 Å². The zero-order valence-electron chi connectivity index (χ0n) is 21.7. The first-order valence-corrected chi connectivity index (χ1v) is 13.6. The number of carbonyl (C=O) groups is 2. The van der Waals surface area contributed by atoms with E-state index in [2.05, 4.69) is 4.98 Å². The van der Waals surface area contributed by atoms with E-state index in [0.717, 1.165) is 22.1 Å². The minimum atomic E-state index is -0.299. The van der Waals surface area contributed by atoms with Crippen LogP contribution in [0, 0.1) is 5.82 Å². The van der Waals surface area contributed by atoms with Gasteiger partial charge in [0, 0.05) is 34.7 Å². The van der Waals surface area contributed by atoms with Crippen LogP contribution in [0.5, 0.6) is 11.5 Å². The van der Waals surface area contributed by atoms with Crippen molar-refractivity contribution in [3.63, 3.8) is 0 Å². The first-order valence-electron chi connectivity index (χ1n) is 12.7. The Labute approximate surface area is 234 Å². The highest BCUT2D eigenvalue weighted by atomic mass is 32.1. The van der Waals surface area contributed by atoms with Crippen LogP contribution in [-0.2, 0) is 0 Å². The van der Waals surface area contributed by atoms with Crippen LogP contribution in [-0.4, -0.2) is 42.0 Å². The molecule has 2 aromatic heterocycles. The van der Waals surface area contributed by atoms with E-state index in [1.165, 1.54) is 24.5 Å². The minimum absolute atomic E-state index is 0.0159. The quantitative estimate of drug-likeness (QED) is 0.177. The van der Waals surface area contributed by atoms with Crippen molar-refractivity contribution >= 4 is 33.0 Å². The Bertz CT molecular complexity index is 1680. The molecule has 0 aliphatic heterocycles. The Balaban J connectivity index is 1.42. The van der Waals surface area contributed by atoms with Gasteiger partial charge >= 0.3 is 0 Å². The Morgan fingerprint density at radius 1 is 0.900 bits per heavy atom. The number of hydrogen-bond acceptors (Lipinski definition) is 7. The van der Waals surface area contributed by atoms with Gasteiger partial charge in [0.2, 0.25) is 0 Å². The number of thiophene rings is 1. The summed E-state index contributed by atoms with van der Waals surface area (Å²) in [4.78, 5) is 31.0. The Kier molecular flexibility index (Phi) is 8.28. The molecule has 40 heavy (non-hydrogen) atoms. The van der Waals surface area contributed by atoms with Crippen molar-refractivity contribution in [2.75, 3.05) is 20.3 Å². The second kappa shape index (κ2) is 12.2. The molecule has 0 radical (unpaired) electrons. The lowest BCUT2D eigenvalue weighted by atomic mass is 9.99. The smallest absolute Gasteiger partial charge is 0.181 e. The minimum Gasteiger partial charge on any atom is -0.493 e. The molecule has 8 heteroatoms. The molecule has 0 saturated heterocycles. The number of Topliss-reactive ketones (excluding diaryl/α,β-unsaturated/α-hetero) is 2. The molecule has 0 unspecified atom stereocenters. The monoisotopic (exact) mass is 555 g/mol. The highest BCUT2D eigenvalue weighted by Crippen LogP contribution is 2.36. The van der Waals surface area contributed by atoms with Crippen molar-refractivity contribution in [3.05, 3.63) is 101 Å². The van der Waals surface area contributed by atoms with Gasteiger partial charge in [0.05, 0.1) is 24.1 Å². The molecule has 3 aromatic carbocycles. The molecule has 0 saturated carbocycles. The van der Waals surface area contributed by atoms with Crippen LogP contribution in [0.3, 0.4) is 0 Å². The van der Waals surface area contributed by atoms with Crippen LogP contribution >= 0.6 is 11.3 Å². The van der Waals surface area contributed by atoms with Gasteiger partial charge in [0.15, 0.2) is 23.1 Å². The summed E-state index contributed by atoms with van der Waals surface area (Å²) in [6.45, 7) is -0.0437. The molecular formula is C32H26FNO5S. The van der Waals surface area contributed by atoms with Crippen LogP contribution in [0.2, 0.25) is 0 Å². The molecule has 202 valence electrons. The number of benzene rings is 3. The number of ketones is 2. The van der Waals surface area contributed by atoms with E-state index in [-0.39, 0.29) is 49.1 Å². The van der Waals surface area contributed by atoms with Gasteiger partial charge in [0.25, 0.3) is 0 Å². The van der Waals surface area contributed by atoms with Gasteiger partial charge in [-0.25, -0.2) is 9.37 Å². The summed E-state index contributed by atoms with van der Waals surface area (Å²) >= 11 is 1.30. The summed E-state index contributed by atoms with van der Waals surface area (Å²) in [6.07, 6.45) is -0.0500. The van der Waals surface area contributed by atoms with Gasteiger partial charge in [-0.2, -0.15) is 0 Å². The van der Waals surface area contributed by atoms with E-state index < -0.39 is 0 Å². The fraction of sp³-hybridized carbons (Fsp3) is 0.156. The van der Waals surface area contributed by atoms with Gasteiger partial charge in [0.1, 0.15) is 18.1 Å². The molecule has 0 amide bonds. The second-order valence-electron chi connectivity index (χ2n) is 9.04. The maximum absolute atomic E-state index is 14.4. The van der Waals surface area contributed by atoms with Crippen molar-refractivity contribution in [3.8, 4) is 33.9 Å². The van der Waals surface area contributed by atoms with Crippen molar-refractivity contribution < 1.29 is 28.6 Å². The summed E-state index contributed by atoms with van der Waals surface area (Å²) in [5, 5.41) is 11.6. The van der Waals surface area contributed by atoms with Gasteiger partial charge in [-0.3, -0.25) is 9.59 Å². The molecule has 5 rings (SSSR count). The molecule has 0 aliphatic rings. The van der Waals surface area contributed by atoms with E-state index in [1.54, 1.807) is 30.3 Å². The number of methoxy groups -OCH3 is 1. The number of aliphatic hydroxyl groups is 1. The lowest BCUT2D eigenvalue weighted by Gasteiger charge is -2.11. The third kappa shape index (κ3) is 5.78. The molecule has 0 bridgehead atoms. The molecule has 1 N–H and O–H groups in total. The van der Waals surface area contributed by atoms with Crippen molar-refractivity contribution in [2.45, 2.75) is 12.8 Å². The SMILES string of the molecule is COc1cc(C(=O)CCC(=O)c2cc(-c3ccccc3)cc(-c3csc4c(F)cccc34)n2)ccc1OCCO. The predicted molar refractivity (Wildman–Crippen MR) is 154 cm³/mol. The topological polar surface area (TPSA) is 85.7 Å². The number of carbonyl (C=O) groups excluding carboxylic acids is 2. The lowest BCUT2D eigenvalue weighted by Crippen LogP contribution is -2.08. The third-order valence-corrected chi connectivity index (χ3v) is 7.46. The fourth-order valence-electron chi connectivity index (χ4n) is 4.44. The number of aromatic nitrogens is 1. The summed E-state index contributed by atoms with van der Waals surface area (Å²) in [5.74, 6) is -0.00847. The van der Waals surface area contributed by atoms with Crippen LogP contribution in [0.25, 0.3) is 32.5 Å². The third-order valence-electron chi connectivity index (χ3n) is 6.46. The molecular weight excluding hydrogens is 529 g/mol. The van der Waals surface area contributed by atoms with Crippen LogP contribution in [0.4, 0.5) is 4.39 Å². The number of rotatable bonds is 11. The van der Waals surface area contributed by atoms with Gasteiger partial charge in [-0.15, -0.1) is 11.3 Å². The average Bonchev–Trinajstić information content (AvgIpc) is 3.44. The van der Waals surface area contributed by atoms with Crippen LogP contribution < -0.4 is 9.47 Å². The average molecular weight is 556 g/mol. The fourth-order valence-corrected chi connectivity index (χ4v) is 5.41. The predicted octanol–water partition coefficient (Wildman–Crippen LogP) is 6.99. The standard InChI is InChI=1S/C32H26FNO5S/c1-38-31-18-21(10-13-30(31)39-15-14-35)28(36)11-12-29(37)27-17-22(20-6-3-2-4-7-20)16-26(34-27)24-19-40-32-23(24)8-5-9-25(32)33/h2-10,13,16-19,35H,11-12,14-15H2,1H3. The number of halogens is 1.